The molecule has 6 heteroatoms. The van der Waals surface area contributed by atoms with Crippen molar-refractivity contribution in [3.8, 4) is 11.5 Å². The SMILES string of the molecule is COc1cc(C(=S)N2CCCCC2)ccc1OCc1c(Cl)cccc1Cl. The van der Waals surface area contributed by atoms with Crippen LogP contribution in [0.3, 0.4) is 0 Å². The van der Waals surface area contributed by atoms with Gasteiger partial charge in [-0.2, -0.15) is 0 Å². The molecule has 0 N–H and O–H groups in total. The molecule has 1 aliphatic rings. The van der Waals surface area contributed by atoms with E-state index in [0.717, 1.165) is 29.2 Å². The van der Waals surface area contributed by atoms with Gasteiger partial charge in [-0.05, 0) is 49.6 Å². The second kappa shape index (κ2) is 8.94. The third-order valence-electron chi connectivity index (χ3n) is 4.49. The van der Waals surface area contributed by atoms with Crippen molar-refractivity contribution in [2.24, 2.45) is 0 Å². The summed E-state index contributed by atoms with van der Waals surface area (Å²) in [5.74, 6) is 1.28. The van der Waals surface area contributed by atoms with Crippen LogP contribution >= 0.6 is 35.4 Å². The number of rotatable bonds is 5. The molecule has 0 radical (unpaired) electrons. The number of thiocarbonyl (C=S) groups is 1. The fraction of sp³-hybridized carbons (Fsp3) is 0.350. The largest absolute Gasteiger partial charge is 0.493 e. The summed E-state index contributed by atoms with van der Waals surface area (Å²) >= 11 is 18.1. The van der Waals surface area contributed by atoms with E-state index in [1.165, 1.54) is 19.3 Å². The predicted octanol–water partition coefficient (Wildman–Crippen LogP) is 5.74. The molecule has 0 amide bonds. The highest BCUT2D eigenvalue weighted by atomic mass is 35.5. The van der Waals surface area contributed by atoms with Crippen LogP contribution in [-0.4, -0.2) is 30.1 Å². The molecule has 2 aromatic carbocycles. The Bertz CT molecular complexity index is 771. The van der Waals surface area contributed by atoms with Crippen LogP contribution in [0.1, 0.15) is 30.4 Å². The average molecular weight is 410 g/mol. The number of hydrogen-bond donors (Lipinski definition) is 0. The highest BCUT2D eigenvalue weighted by molar-refractivity contribution is 7.80. The number of halogens is 2. The maximum atomic E-state index is 6.20. The second-order valence-corrected chi connectivity index (χ2v) is 7.41. The molecule has 26 heavy (non-hydrogen) atoms. The van der Waals surface area contributed by atoms with E-state index in [1.807, 2.05) is 24.3 Å². The van der Waals surface area contributed by atoms with Crippen LogP contribution in [-0.2, 0) is 6.61 Å². The number of ether oxygens (including phenoxy) is 2. The van der Waals surface area contributed by atoms with Crippen LogP contribution in [0.2, 0.25) is 10.0 Å². The van der Waals surface area contributed by atoms with Crippen LogP contribution in [0.5, 0.6) is 11.5 Å². The van der Waals surface area contributed by atoms with Crippen molar-refractivity contribution in [1.29, 1.82) is 0 Å². The van der Waals surface area contributed by atoms with Gasteiger partial charge in [-0.1, -0.05) is 41.5 Å². The summed E-state index contributed by atoms with van der Waals surface area (Å²) in [5, 5.41) is 1.17. The van der Waals surface area contributed by atoms with Gasteiger partial charge in [0.25, 0.3) is 0 Å². The number of piperidine rings is 1. The van der Waals surface area contributed by atoms with Crippen molar-refractivity contribution < 1.29 is 9.47 Å². The Balaban J connectivity index is 1.75. The zero-order chi connectivity index (χ0) is 18.5. The summed E-state index contributed by atoms with van der Waals surface area (Å²) in [6, 6.07) is 11.2. The van der Waals surface area contributed by atoms with Gasteiger partial charge < -0.3 is 14.4 Å². The van der Waals surface area contributed by atoms with Crippen molar-refractivity contribution >= 4 is 40.4 Å². The first-order chi connectivity index (χ1) is 12.6. The average Bonchev–Trinajstić information content (AvgIpc) is 2.67. The highest BCUT2D eigenvalue weighted by Crippen LogP contribution is 2.32. The Morgan fingerprint density at radius 2 is 1.73 bits per heavy atom. The van der Waals surface area contributed by atoms with Gasteiger partial charge in [0.2, 0.25) is 0 Å². The smallest absolute Gasteiger partial charge is 0.161 e. The number of hydrogen-bond acceptors (Lipinski definition) is 3. The molecule has 0 aliphatic carbocycles. The summed E-state index contributed by atoms with van der Waals surface area (Å²) < 4.78 is 11.4. The summed E-state index contributed by atoms with van der Waals surface area (Å²) in [6.45, 7) is 2.31. The quantitative estimate of drug-likeness (QED) is 0.586. The van der Waals surface area contributed by atoms with E-state index in [2.05, 4.69) is 4.90 Å². The predicted molar refractivity (Wildman–Crippen MR) is 111 cm³/mol. The minimum absolute atomic E-state index is 0.269. The van der Waals surface area contributed by atoms with Crippen LogP contribution in [0.4, 0.5) is 0 Å². The monoisotopic (exact) mass is 409 g/mol. The molecule has 2 aromatic rings. The van der Waals surface area contributed by atoms with E-state index >= 15 is 0 Å². The second-order valence-electron chi connectivity index (χ2n) is 6.21. The summed E-state index contributed by atoms with van der Waals surface area (Å²) in [4.78, 5) is 3.13. The molecule has 1 heterocycles. The fourth-order valence-electron chi connectivity index (χ4n) is 3.02. The Labute approximate surface area is 169 Å². The van der Waals surface area contributed by atoms with Crippen molar-refractivity contribution in [3.63, 3.8) is 0 Å². The van der Waals surface area contributed by atoms with Crippen LogP contribution in [0.25, 0.3) is 0 Å². The lowest BCUT2D eigenvalue weighted by Gasteiger charge is -2.29. The number of benzene rings is 2. The number of nitrogens with zero attached hydrogens (tertiary/aromatic N) is 1. The Hall–Kier alpha value is -1.49. The van der Waals surface area contributed by atoms with Crippen molar-refractivity contribution in [2.75, 3.05) is 20.2 Å². The first-order valence-corrected chi connectivity index (χ1v) is 9.79. The van der Waals surface area contributed by atoms with Gasteiger partial charge in [-0.15, -0.1) is 0 Å². The summed E-state index contributed by atoms with van der Waals surface area (Å²) in [5.41, 5.74) is 1.73. The van der Waals surface area contributed by atoms with E-state index in [4.69, 9.17) is 44.9 Å². The van der Waals surface area contributed by atoms with E-state index in [-0.39, 0.29) is 6.61 Å². The Kier molecular flexibility index (Phi) is 6.63. The van der Waals surface area contributed by atoms with Crippen molar-refractivity contribution in [1.82, 2.24) is 4.90 Å². The number of methoxy groups -OCH3 is 1. The lowest BCUT2D eigenvalue weighted by Crippen LogP contribution is -2.34. The molecule has 0 spiro atoms. The van der Waals surface area contributed by atoms with Gasteiger partial charge in [0.1, 0.15) is 11.6 Å². The zero-order valence-electron chi connectivity index (χ0n) is 14.6. The minimum atomic E-state index is 0.269. The van der Waals surface area contributed by atoms with Gasteiger partial charge in [0.05, 0.1) is 7.11 Å². The molecule has 0 unspecified atom stereocenters. The first-order valence-electron chi connectivity index (χ1n) is 8.63. The lowest BCUT2D eigenvalue weighted by molar-refractivity contribution is 0.284. The Morgan fingerprint density at radius 1 is 1.04 bits per heavy atom. The minimum Gasteiger partial charge on any atom is -0.493 e. The maximum absolute atomic E-state index is 6.20. The van der Waals surface area contributed by atoms with E-state index in [0.29, 0.717) is 21.5 Å². The first kappa shape index (κ1) is 19.3. The third kappa shape index (κ3) is 4.43. The molecule has 0 saturated carbocycles. The molecule has 1 aliphatic heterocycles. The maximum Gasteiger partial charge on any atom is 0.161 e. The molecular formula is C20H21Cl2NO2S. The van der Waals surface area contributed by atoms with E-state index in [1.54, 1.807) is 19.2 Å². The molecule has 0 aromatic heterocycles. The fourth-order valence-corrected chi connectivity index (χ4v) is 3.84. The van der Waals surface area contributed by atoms with Crippen LogP contribution in [0, 0.1) is 0 Å². The normalized spacial score (nSPS) is 14.2. The van der Waals surface area contributed by atoms with Crippen LogP contribution < -0.4 is 9.47 Å². The lowest BCUT2D eigenvalue weighted by atomic mass is 10.1. The molecule has 0 bridgehead atoms. The molecule has 0 atom stereocenters. The Morgan fingerprint density at radius 3 is 2.38 bits per heavy atom. The van der Waals surface area contributed by atoms with Gasteiger partial charge in [-0.3, -0.25) is 0 Å². The molecule has 1 saturated heterocycles. The summed E-state index contributed by atoms with van der Waals surface area (Å²) in [6.07, 6.45) is 3.66. The molecule has 138 valence electrons. The molecular weight excluding hydrogens is 389 g/mol. The van der Waals surface area contributed by atoms with Gasteiger partial charge >= 0.3 is 0 Å². The molecule has 1 fully saturated rings. The van der Waals surface area contributed by atoms with Gasteiger partial charge in [-0.25, -0.2) is 0 Å². The van der Waals surface area contributed by atoms with Gasteiger partial charge in [0, 0.05) is 34.3 Å². The standard InChI is InChI=1S/C20H21Cl2NO2S/c1-24-19-12-14(20(26)23-10-3-2-4-11-23)8-9-18(19)25-13-15-16(21)6-5-7-17(15)22/h5-9,12H,2-4,10-11,13H2,1H3. The van der Waals surface area contributed by atoms with Crippen molar-refractivity contribution in [3.05, 3.63) is 57.6 Å². The molecule has 3 rings (SSSR count). The summed E-state index contributed by atoms with van der Waals surface area (Å²) in [7, 11) is 1.62. The highest BCUT2D eigenvalue weighted by Gasteiger charge is 2.17. The van der Waals surface area contributed by atoms with Crippen LogP contribution in [0.15, 0.2) is 36.4 Å². The number of likely N-dealkylation sites (tertiary alicyclic amines) is 1. The third-order valence-corrected chi connectivity index (χ3v) is 5.69. The molecule has 3 nitrogen and oxygen atoms in total. The zero-order valence-corrected chi connectivity index (χ0v) is 17.0. The topological polar surface area (TPSA) is 21.7 Å². The van der Waals surface area contributed by atoms with E-state index < -0.39 is 0 Å². The van der Waals surface area contributed by atoms with Crippen molar-refractivity contribution in [2.45, 2.75) is 25.9 Å². The van der Waals surface area contributed by atoms with E-state index in [9.17, 15) is 0 Å². The van der Waals surface area contributed by atoms with Gasteiger partial charge in [0.15, 0.2) is 11.5 Å².